The second-order valence-electron chi connectivity index (χ2n) is 7.36. The molecule has 0 unspecified atom stereocenters. The van der Waals surface area contributed by atoms with E-state index in [0.717, 1.165) is 30.0 Å². The maximum absolute atomic E-state index is 12.1. The van der Waals surface area contributed by atoms with Gasteiger partial charge in [0.25, 0.3) is 5.69 Å². The van der Waals surface area contributed by atoms with Gasteiger partial charge >= 0.3 is 6.09 Å². The number of non-ortho nitro benzene ring substituents is 1. The molecule has 0 aliphatic heterocycles. The SMILES string of the molecule is CCN(CC)c1ccc(NC(=O)OCCC=Nc2cc([N+](=O)[O-])ccc2N(C)C)c(C)c1. The van der Waals surface area contributed by atoms with Crippen LogP contribution in [0.2, 0.25) is 0 Å². The predicted molar refractivity (Wildman–Crippen MR) is 130 cm³/mol. The molecule has 0 aromatic heterocycles. The number of ether oxygens (including phenoxy) is 1. The maximum Gasteiger partial charge on any atom is 0.411 e. The highest BCUT2D eigenvalue weighted by Crippen LogP contribution is 2.31. The number of benzene rings is 2. The summed E-state index contributed by atoms with van der Waals surface area (Å²) in [4.78, 5) is 31.1. The number of anilines is 3. The Morgan fingerprint density at radius 1 is 1.19 bits per heavy atom. The third-order valence-electron chi connectivity index (χ3n) is 4.94. The number of nitro benzene ring substituents is 1. The third-order valence-corrected chi connectivity index (χ3v) is 4.94. The smallest absolute Gasteiger partial charge is 0.411 e. The van der Waals surface area contributed by atoms with Crippen molar-refractivity contribution >= 4 is 40.7 Å². The first-order chi connectivity index (χ1) is 15.3. The number of rotatable bonds is 10. The standard InChI is InChI=1S/C23H31N5O4/c1-6-27(7-2)18-9-11-20(17(3)15-18)25-23(29)32-14-8-13-24-21-16-19(28(30)31)10-12-22(21)26(4)5/h9-13,15-16H,6-8,14H2,1-5H3,(H,25,29). The predicted octanol–water partition coefficient (Wildman–Crippen LogP) is 5.16. The summed E-state index contributed by atoms with van der Waals surface area (Å²) in [6.07, 6.45) is 1.42. The molecule has 32 heavy (non-hydrogen) atoms. The fraction of sp³-hybridized carbons (Fsp3) is 0.391. The lowest BCUT2D eigenvalue weighted by Gasteiger charge is -2.22. The molecule has 0 radical (unpaired) electrons. The Hall–Kier alpha value is -3.62. The van der Waals surface area contributed by atoms with Gasteiger partial charge in [-0.15, -0.1) is 0 Å². The summed E-state index contributed by atoms with van der Waals surface area (Å²) in [5, 5.41) is 13.8. The number of nitrogens with zero attached hydrogens (tertiary/aromatic N) is 4. The zero-order valence-electron chi connectivity index (χ0n) is 19.3. The van der Waals surface area contributed by atoms with Crippen LogP contribution in [0.15, 0.2) is 41.4 Å². The lowest BCUT2D eigenvalue weighted by Crippen LogP contribution is -2.22. The van der Waals surface area contributed by atoms with Gasteiger partial charge < -0.3 is 14.5 Å². The highest BCUT2D eigenvalue weighted by molar-refractivity contribution is 5.86. The summed E-state index contributed by atoms with van der Waals surface area (Å²) in [5.41, 5.74) is 3.98. The van der Waals surface area contributed by atoms with Crippen molar-refractivity contribution in [2.45, 2.75) is 27.2 Å². The first-order valence-electron chi connectivity index (χ1n) is 10.5. The van der Waals surface area contributed by atoms with Gasteiger partial charge in [0.15, 0.2) is 0 Å². The second-order valence-corrected chi connectivity index (χ2v) is 7.36. The maximum atomic E-state index is 12.1. The summed E-state index contributed by atoms with van der Waals surface area (Å²) >= 11 is 0. The molecule has 0 heterocycles. The van der Waals surface area contributed by atoms with E-state index in [-0.39, 0.29) is 12.3 Å². The van der Waals surface area contributed by atoms with Crippen LogP contribution < -0.4 is 15.1 Å². The van der Waals surface area contributed by atoms with E-state index in [4.69, 9.17) is 4.74 Å². The van der Waals surface area contributed by atoms with Crippen LogP contribution in [0.3, 0.4) is 0 Å². The van der Waals surface area contributed by atoms with Crippen molar-refractivity contribution in [1.29, 1.82) is 0 Å². The average molecular weight is 442 g/mol. The number of aryl methyl sites for hydroxylation is 1. The van der Waals surface area contributed by atoms with Crippen molar-refractivity contribution in [3.8, 4) is 0 Å². The molecule has 2 aromatic rings. The van der Waals surface area contributed by atoms with E-state index in [9.17, 15) is 14.9 Å². The van der Waals surface area contributed by atoms with Crippen molar-refractivity contribution in [2.75, 3.05) is 48.9 Å². The van der Waals surface area contributed by atoms with Gasteiger partial charge in [0.2, 0.25) is 0 Å². The minimum atomic E-state index is -0.540. The Morgan fingerprint density at radius 3 is 2.50 bits per heavy atom. The van der Waals surface area contributed by atoms with E-state index in [1.807, 2.05) is 44.1 Å². The third kappa shape index (κ3) is 6.69. The molecule has 1 N–H and O–H groups in total. The summed E-state index contributed by atoms with van der Waals surface area (Å²) in [6.45, 7) is 8.12. The number of carbonyl (C=O) groups is 1. The van der Waals surface area contributed by atoms with Crippen molar-refractivity contribution in [3.63, 3.8) is 0 Å². The van der Waals surface area contributed by atoms with Gasteiger partial charge in [-0.2, -0.15) is 0 Å². The van der Waals surface area contributed by atoms with Crippen LogP contribution in [-0.2, 0) is 4.74 Å². The monoisotopic (exact) mass is 441 g/mol. The van der Waals surface area contributed by atoms with Crippen LogP contribution in [-0.4, -0.2) is 51.0 Å². The number of nitro groups is 1. The lowest BCUT2D eigenvalue weighted by atomic mass is 10.1. The van der Waals surface area contributed by atoms with Crippen LogP contribution in [0.1, 0.15) is 25.8 Å². The highest BCUT2D eigenvalue weighted by Gasteiger charge is 2.11. The zero-order chi connectivity index (χ0) is 23.7. The molecule has 9 nitrogen and oxygen atoms in total. The van der Waals surface area contributed by atoms with Gasteiger partial charge in [-0.25, -0.2) is 4.79 Å². The zero-order valence-corrected chi connectivity index (χ0v) is 19.3. The molecule has 0 spiro atoms. The average Bonchev–Trinajstić information content (AvgIpc) is 2.75. The highest BCUT2D eigenvalue weighted by atomic mass is 16.6. The second kappa shape index (κ2) is 11.7. The number of carbonyl (C=O) groups excluding carboxylic acids is 1. The van der Waals surface area contributed by atoms with E-state index in [0.29, 0.717) is 17.8 Å². The molecule has 2 aromatic carbocycles. The Morgan fingerprint density at radius 2 is 1.91 bits per heavy atom. The van der Waals surface area contributed by atoms with E-state index in [2.05, 4.69) is 29.1 Å². The molecule has 0 atom stereocenters. The first-order valence-corrected chi connectivity index (χ1v) is 10.5. The molecule has 0 saturated carbocycles. The summed E-state index contributed by atoms with van der Waals surface area (Å²) in [6, 6.07) is 10.4. The fourth-order valence-corrected chi connectivity index (χ4v) is 3.19. The molecule has 1 amide bonds. The molecule has 0 aliphatic rings. The van der Waals surface area contributed by atoms with Gasteiger partial charge in [-0.3, -0.25) is 20.4 Å². The van der Waals surface area contributed by atoms with Crippen molar-refractivity contribution < 1.29 is 14.5 Å². The molecule has 2 rings (SSSR count). The van der Waals surface area contributed by atoms with Crippen LogP contribution in [0.4, 0.5) is 33.2 Å². The van der Waals surface area contributed by atoms with Crippen LogP contribution in [0, 0.1) is 17.0 Å². The number of aliphatic imine (C=N–C) groups is 1. The van der Waals surface area contributed by atoms with Crippen molar-refractivity contribution in [3.05, 3.63) is 52.1 Å². The van der Waals surface area contributed by atoms with E-state index >= 15 is 0 Å². The van der Waals surface area contributed by atoms with Gasteiger partial charge in [0.1, 0.15) is 0 Å². The first kappa shape index (κ1) is 24.6. The molecular formula is C23H31N5O4. The van der Waals surface area contributed by atoms with E-state index < -0.39 is 11.0 Å². The summed E-state index contributed by atoms with van der Waals surface area (Å²) < 4.78 is 5.23. The lowest BCUT2D eigenvalue weighted by molar-refractivity contribution is -0.384. The molecule has 0 saturated heterocycles. The number of hydrogen-bond acceptors (Lipinski definition) is 7. The van der Waals surface area contributed by atoms with E-state index in [1.165, 1.54) is 12.1 Å². The molecule has 0 bridgehead atoms. The van der Waals surface area contributed by atoms with Crippen LogP contribution in [0.5, 0.6) is 0 Å². The van der Waals surface area contributed by atoms with Gasteiger partial charge in [-0.05, 0) is 50.6 Å². The Labute approximate surface area is 188 Å². The van der Waals surface area contributed by atoms with Crippen molar-refractivity contribution in [2.24, 2.45) is 4.99 Å². The molecule has 9 heteroatoms. The van der Waals surface area contributed by atoms with E-state index in [1.54, 1.807) is 12.3 Å². The molecule has 172 valence electrons. The summed E-state index contributed by atoms with van der Waals surface area (Å²) in [7, 11) is 3.67. The van der Waals surface area contributed by atoms with Gasteiger partial charge in [0, 0.05) is 63.3 Å². The largest absolute Gasteiger partial charge is 0.449 e. The number of nitrogens with one attached hydrogen (secondary N) is 1. The molecule has 0 aliphatic carbocycles. The summed E-state index contributed by atoms with van der Waals surface area (Å²) in [5.74, 6) is 0. The number of amides is 1. The Kier molecular flexibility index (Phi) is 9.00. The minimum absolute atomic E-state index is 0.0271. The topological polar surface area (TPSA) is 100 Å². The van der Waals surface area contributed by atoms with Crippen molar-refractivity contribution in [1.82, 2.24) is 0 Å². The normalized spacial score (nSPS) is 10.8. The van der Waals surface area contributed by atoms with Gasteiger partial charge in [-0.1, -0.05) is 0 Å². The Bertz CT molecular complexity index is 971. The van der Waals surface area contributed by atoms with Crippen LogP contribution in [0.25, 0.3) is 0 Å². The molecule has 0 fully saturated rings. The fourth-order valence-electron chi connectivity index (χ4n) is 3.19. The number of hydrogen-bond donors (Lipinski definition) is 1. The minimum Gasteiger partial charge on any atom is -0.449 e. The van der Waals surface area contributed by atoms with Gasteiger partial charge in [0.05, 0.1) is 22.9 Å². The van der Waals surface area contributed by atoms with Crippen LogP contribution >= 0.6 is 0 Å². The molecular weight excluding hydrogens is 410 g/mol. The Balaban J connectivity index is 1.91. The quantitative estimate of drug-likeness (QED) is 0.237.